The maximum Gasteiger partial charge on any atom is 0.306 e. The molecule has 0 bridgehead atoms. The smallest absolute Gasteiger partial charge is 0.306 e. The van der Waals surface area contributed by atoms with Crippen molar-refractivity contribution in [2.75, 3.05) is 6.61 Å². The number of nitrogens with one attached hydrogen (secondary N) is 1. The molecule has 4 nitrogen and oxygen atoms in total. The average Bonchev–Trinajstić information content (AvgIpc) is 3.23. The number of rotatable bonds is 8. The third-order valence-corrected chi connectivity index (χ3v) is 3.88. The van der Waals surface area contributed by atoms with Crippen molar-refractivity contribution in [2.45, 2.75) is 58.4 Å². The third kappa shape index (κ3) is 5.21. The molecule has 4 heteroatoms. The Morgan fingerprint density at radius 3 is 2.21 bits per heavy atom. The minimum Gasteiger partial charge on any atom is -0.456 e. The molecule has 1 amide bonds. The van der Waals surface area contributed by atoms with E-state index in [1.54, 1.807) is 0 Å². The van der Waals surface area contributed by atoms with Crippen LogP contribution >= 0.6 is 0 Å². The van der Waals surface area contributed by atoms with Crippen LogP contribution in [0.2, 0.25) is 0 Å². The molecule has 0 aliphatic heterocycles. The minimum atomic E-state index is -0.266. The molecule has 0 unspecified atom stereocenters. The molecule has 0 aromatic heterocycles. The van der Waals surface area contributed by atoms with Crippen LogP contribution in [-0.2, 0) is 14.3 Å². The second-order valence-electron chi connectivity index (χ2n) is 6.36. The molecule has 0 heterocycles. The summed E-state index contributed by atoms with van der Waals surface area (Å²) in [6, 6.07) is 0.335. The number of ether oxygens (including phenoxy) is 1. The summed E-state index contributed by atoms with van der Waals surface area (Å²) >= 11 is 0. The van der Waals surface area contributed by atoms with Crippen LogP contribution in [0.5, 0.6) is 0 Å². The fourth-order valence-corrected chi connectivity index (χ4v) is 2.38. The summed E-state index contributed by atoms with van der Waals surface area (Å²) < 4.78 is 5.00. The highest BCUT2D eigenvalue weighted by molar-refractivity contribution is 5.80. The van der Waals surface area contributed by atoms with E-state index in [2.05, 4.69) is 19.2 Å². The standard InChI is InChI=1S/C15H25NO3/c1-10(2)3-8-14(18)19-9-13(17)16-15(11-4-5-11)12-6-7-12/h10-12,15H,3-9H2,1-2H3,(H,16,17). The van der Waals surface area contributed by atoms with Crippen molar-refractivity contribution in [3.05, 3.63) is 0 Å². The normalized spacial score (nSPS) is 18.7. The number of carbonyl (C=O) groups excluding carboxylic acids is 2. The second-order valence-corrected chi connectivity index (χ2v) is 6.36. The first kappa shape index (κ1) is 14.4. The van der Waals surface area contributed by atoms with Crippen molar-refractivity contribution >= 4 is 11.9 Å². The molecule has 0 saturated heterocycles. The SMILES string of the molecule is CC(C)CCC(=O)OCC(=O)NC(C1CC1)C1CC1. The fraction of sp³-hybridized carbons (Fsp3) is 0.867. The minimum absolute atomic E-state index is 0.118. The predicted octanol–water partition coefficient (Wildman–Crippen LogP) is 2.27. The monoisotopic (exact) mass is 267 g/mol. The van der Waals surface area contributed by atoms with E-state index >= 15 is 0 Å². The third-order valence-electron chi connectivity index (χ3n) is 3.88. The lowest BCUT2D eigenvalue weighted by Gasteiger charge is -2.17. The van der Waals surface area contributed by atoms with Gasteiger partial charge in [0.1, 0.15) is 0 Å². The Labute approximate surface area is 115 Å². The first-order chi connectivity index (χ1) is 9.06. The number of hydrogen-bond acceptors (Lipinski definition) is 3. The largest absolute Gasteiger partial charge is 0.456 e. The van der Waals surface area contributed by atoms with Crippen molar-refractivity contribution in [2.24, 2.45) is 17.8 Å². The van der Waals surface area contributed by atoms with Gasteiger partial charge < -0.3 is 10.1 Å². The fourth-order valence-electron chi connectivity index (χ4n) is 2.38. The van der Waals surface area contributed by atoms with E-state index in [-0.39, 0.29) is 18.5 Å². The first-order valence-electron chi connectivity index (χ1n) is 7.51. The quantitative estimate of drug-likeness (QED) is 0.686. The molecule has 2 aliphatic rings. The van der Waals surface area contributed by atoms with Crippen LogP contribution in [-0.4, -0.2) is 24.5 Å². The van der Waals surface area contributed by atoms with Gasteiger partial charge >= 0.3 is 5.97 Å². The maximum atomic E-state index is 11.8. The van der Waals surface area contributed by atoms with Gasteiger partial charge in [0.25, 0.3) is 5.91 Å². The molecule has 0 aromatic carbocycles. The van der Waals surface area contributed by atoms with Gasteiger partial charge in [-0.2, -0.15) is 0 Å². The van der Waals surface area contributed by atoms with Gasteiger partial charge in [-0.1, -0.05) is 13.8 Å². The van der Waals surface area contributed by atoms with Crippen molar-refractivity contribution in [3.8, 4) is 0 Å². The lowest BCUT2D eigenvalue weighted by atomic mass is 10.1. The zero-order valence-corrected chi connectivity index (χ0v) is 12.0. The Morgan fingerprint density at radius 1 is 1.16 bits per heavy atom. The van der Waals surface area contributed by atoms with Crippen LogP contribution < -0.4 is 5.32 Å². The summed E-state index contributed by atoms with van der Waals surface area (Å²) in [7, 11) is 0. The number of esters is 1. The molecule has 0 atom stereocenters. The summed E-state index contributed by atoms with van der Waals surface area (Å²) in [6.45, 7) is 4.01. The highest BCUT2D eigenvalue weighted by atomic mass is 16.5. The summed E-state index contributed by atoms with van der Waals surface area (Å²) in [5, 5.41) is 3.04. The molecule has 19 heavy (non-hydrogen) atoms. The van der Waals surface area contributed by atoms with Crippen LogP contribution in [0.25, 0.3) is 0 Å². The van der Waals surface area contributed by atoms with Gasteiger partial charge in [-0.15, -0.1) is 0 Å². The lowest BCUT2D eigenvalue weighted by Crippen LogP contribution is -2.40. The second kappa shape index (κ2) is 6.40. The van der Waals surface area contributed by atoms with Crippen LogP contribution in [0.15, 0.2) is 0 Å². The molecule has 2 aliphatic carbocycles. The van der Waals surface area contributed by atoms with Crippen molar-refractivity contribution in [1.29, 1.82) is 0 Å². The van der Waals surface area contributed by atoms with E-state index in [9.17, 15) is 9.59 Å². The van der Waals surface area contributed by atoms with E-state index in [1.165, 1.54) is 25.7 Å². The molecule has 0 spiro atoms. The van der Waals surface area contributed by atoms with Crippen LogP contribution in [0.4, 0.5) is 0 Å². The maximum absolute atomic E-state index is 11.8. The molecule has 2 saturated carbocycles. The summed E-state index contributed by atoms with van der Waals surface area (Å²) in [4.78, 5) is 23.2. The highest BCUT2D eigenvalue weighted by Gasteiger charge is 2.42. The first-order valence-corrected chi connectivity index (χ1v) is 7.51. The molecule has 108 valence electrons. The average molecular weight is 267 g/mol. The van der Waals surface area contributed by atoms with E-state index in [0.717, 1.165) is 6.42 Å². The van der Waals surface area contributed by atoms with Gasteiger partial charge in [-0.3, -0.25) is 9.59 Å². The molecule has 0 aromatic rings. The van der Waals surface area contributed by atoms with Gasteiger partial charge in [0.2, 0.25) is 0 Å². The zero-order chi connectivity index (χ0) is 13.8. The Morgan fingerprint density at radius 2 is 1.74 bits per heavy atom. The van der Waals surface area contributed by atoms with E-state index < -0.39 is 0 Å². The topological polar surface area (TPSA) is 55.4 Å². The Bertz CT molecular complexity index is 320. The summed E-state index contributed by atoms with van der Waals surface area (Å²) in [6.07, 6.45) is 6.14. The highest BCUT2D eigenvalue weighted by Crippen LogP contribution is 2.44. The van der Waals surface area contributed by atoms with E-state index in [1.807, 2.05) is 0 Å². The predicted molar refractivity (Wildman–Crippen MR) is 72.4 cm³/mol. The Kier molecular flexibility index (Phi) is 4.83. The van der Waals surface area contributed by atoms with Gasteiger partial charge in [-0.25, -0.2) is 0 Å². The number of amides is 1. The van der Waals surface area contributed by atoms with Crippen molar-refractivity contribution in [3.63, 3.8) is 0 Å². The Hall–Kier alpha value is -1.06. The van der Waals surface area contributed by atoms with Crippen LogP contribution in [0.1, 0.15) is 52.4 Å². The molecule has 2 fully saturated rings. The Balaban J connectivity index is 1.62. The number of carbonyl (C=O) groups is 2. The van der Waals surface area contributed by atoms with Crippen LogP contribution in [0, 0.1) is 17.8 Å². The summed E-state index contributed by atoms with van der Waals surface area (Å²) in [5.74, 6) is 1.43. The van der Waals surface area contributed by atoms with E-state index in [4.69, 9.17) is 4.74 Å². The molecule has 1 N–H and O–H groups in total. The summed E-state index contributed by atoms with van der Waals surface area (Å²) in [5.41, 5.74) is 0. The van der Waals surface area contributed by atoms with Crippen molar-refractivity contribution in [1.82, 2.24) is 5.32 Å². The van der Waals surface area contributed by atoms with Gasteiger partial charge in [0.15, 0.2) is 6.61 Å². The van der Waals surface area contributed by atoms with Crippen LogP contribution in [0.3, 0.4) is 0 Å². The lowest BCUT2D eigenvalue weighted by molar-refractivity contribution is -0.149. The molecule has 2 rings (SSSR count). The van der Waals surface area contributed by atoms with Gasteiger partial charge in [0, 0.05) is 12.5 Å². The van der Waals surface area contributed by atoms with Crippen molar-refractivity contribution < 1.29 is 14.3 Å². The van der Waals surface area contributed by atoms with E-state index in [0.29, 0.717) is 30.2 Å². The number of hydrogen-bond donors (Lipinski definition) is 1. The molecular formula is C15H25NO3. The van der Waals surface area contributed by atoms with Gasteiger partial charge in [0.05, 0.1) is 0 Å². The zero-order valence-electron chi connectivity index (χ0n) is 12.0. The molecule has 0 radical (unpaired) electrons. The van der Waals surface area contributed by atoms with Gasteiger partial charge in [-0.05, 0) is 49.9 Å². The molecular weight excluding hydrogens is 242 g/mol.